The van der Waals surface area contributed by atoms with E-state index in [4.69, 9.17) is 5.26 Å². The highest BCUT2D eigenvalue weighted by Crippen LogP contribution is 2.24. The van der Waals surface area contributed by atoms with E-state index < -0.39 is 5.97 Å². The molecule has 0 saturated heterocycles. The lowest BCUT2D eigenvalue weighted by Crippen LogP contribution is -2.22. The Morgan fingerprint density at radius 1 is 1.11 bits per heavy atom. The van der Waals surface area contributed by atoms with Gasteiger partial charge < -0.3 is 14.5 Å². The van der Waals surface area contributed by atoms with E-state index in [0.29, 0.717) is 5.56 Å². The summed E-state index contributed by atoms with van der Waals surface area (Å²) in [6.45, 7) is 5.88. The number of nitrogens with zero attached hydrogens (tertiary/aromatic N) is 3. The summed E-state index contributed by atoms with van der Waals surface area (Å²) in [6, 6.07) is 16.2. The summed E-state index contributed by atoms with van der Waals surface area (Å²) in [5.74, 6) is -1.18. The zero-order chi connectivity index (χ0) is 19.6. The van der Waals surface area contributed by atoms with E-state index in [1.165, 1.54) is 0 Å². The molecule has 134 valence electrons. The molecule has 0 spiro atoms. The standard InChI is InChI=1S/C22H19N3O2/c1-14-10-18(22(26)27)6-9-21(14)25-15(2)11-19(16(25)3)13-24-20-7-4-17(12-23)5-8-20/h4-11,13H,1-3H3,(H,26,27)/p-1. The molecule has 0 aliphatic heterocycles. The number of nitriles is 1. The lowest BCUT2D eigenvalue weighted by molar-refractivity contribution is -0.255. The number of aromatic nitrogens is 1. The highest BCUT2D eigenvalue weighted by molar-refractivity contribution is 5.87. The van der Waals surface area contributed by atoms with Crippen LogP contribution in [0.4, 0.5) is 5.69 Å². The Balaban J connectivity index is 1.96. The third kappa shape index (κ3) is 3.65. The number of hydrogen-bond acceptors (Lipinski definition) is 4. The molecule has 5 heteroatoms. The van der Waals surface area contributed by atoms with Crippen LogP contribution in [0.2, 0.25) is 0 Å². The van der Waals surface area contributed by atoms with Gasteiger partial charge >= 0.3 is 0 Å². The van der Waals surface area contributed by atoms with Crippen LogP contribution in [0.1, 0.15) is 38.4 Å². The summed E-state index contributed by atoms with van der Waals surface area (Å²) in [4.78, 5) is 15.5. The molecular formula is C22H18N3O2-. The Labute approximate surface area is 157 Å². The van der Waals surface area contributed by atoms with E-state index in [-0.39, 0.29) is 5.56 Å². The molecule has 0 saturated carbocycles. The van der Waals surface area contributed by atoms with Crippen LogP contribution in [0, 0.1) is 32.1 Å². The molecule has 0 radical (unpaired) electrons. The molecule has 0 amide bonds. The molecule has 0 atom stereocenters. The van der Waals surface area contributed by atoms with Crippen molar-refractivity contribution in [2.75, 3.05) is 0 Å². The second-order valence-electron chi connectivity index (χ2n) is 6.37. The van der Waals surface area contributed by atoms with E-state index in [2.05, 4.69) is 15.6 Å². The van der Waals surface area contributed by atoms with Crippen molar-refractivity contribution in [2.45, 2.75) is 20.8 Å². The van der Waals surface area contributed by atoms with Gasteiger partial charge in [-0.25, -0.2) is 0 Å². The average Bonchev–Trinajstić information content (AvgIpc) is 2.94. The normalized spacial score (nSPS) is 10.9. The van der Waals surface area contributed by atoms with Crippen molar-refractivity contribution in [1.29, 1.82) is 5.26 Å². The Bertz CT molecular complexity index is 1080. The van der Waals surface area contributed by atoms with Crippen LogP contribution in [0.5, 0.6) is 0 Å². The lowest BCUT2D eigenvalue weighted by Gasteiger charge is -2.14. The summed E-state index contributed by atoms with van der Waals surface area (Å²) in [6.07, 6.45) is 1.80. The van der Waals surface area contributed by atoms with E-state index in [1.807, 2.05) is 26.8 Å². The van der Waals surface area contributed by atoms with Crippen molar-refractivity contribution in [3.8, 4) is 11.8 Å². The minimum absolute atomic E-state index is 0.168. The molecule has 0 bridgehead atoms. The van der Waals surface area contributed by atoms with Gasteiger partial charge in [0.25, 0.3) is 0 Å². The minimum atomic E-state index is -1.18. The molecule has 0 unspecified atom stereocenters. The lowest BCUT2D eigenvalue weighted by atomic mass is 10.1. The zero-order valence-electron chi connectivity index (χ0n) is 15.4. The second-order valence-corrected chi connectivity index (χ2v) is 6.37. The van der Waals surface area contributed by atoms with Crippen molar-refractivity contribution in [2.24, 2.45) is 4.99 Å². The number of carbonyl (C=O) groups is 1. The molecule has 0 fully saturated rings. The molecule has 0 aliphatic carbocycles. The predicted molar refractivity (Wildman–Crippen MR) is 103 cm³/mol. The maximum absolute atomic E-state index is 11.0. The van der Waals surface area contributed by atoms with E-state index in [9.17, 15) is 9.90 Å². The fourth-order valence-electron chi connectivity index (χ4n) is 3.09. The number of carboxylic acid groups (broad SMARTS) is 1. The average molecular weight is 356 g/mol. The van der Waals surface area contributed by atoms with Crippen molar-refractivity contribution >= 4 is 17.9 Å². The second kappa shape index (κ2) is 7.30. The Morgan fingerprint density at radius 2 is 1.81 bits per heavy atom. The van der Waals surface area contributed by atoms with Gasteiger partial charge in [0.05, 0.1) is 23.3 Å². The molecule has 0 aliphatic rings. The van der Waals surface area contributed by atoms with Gasteiger partial charge in [0.15, 0.2) is 0 Å². The fourth-order valence-corrected chi connectivity index (χ4v) is 3.09. The van der Waals surface area contributed by atoms with Gasteiger partial charge in [-0.2, -0.15) is 5.26 Å². The first kappa shape index (κ1) is 18.2. The number of carboxylic acids is 1. The zero-order valence-corrected chi connectivity index (χ0v) is 15.4. The third-order valence-electron chi connectivity index (χ3n) is 4.49. The quantitative estimate of drug-likeness (QED) is 0.672. The van der Waals surface area contributed by atoms with E-state index >= 15 is 0 Å². The maximum atomic E-state index is 11.0. The van der Waals surface area contributed by atoms with Crippen molar-refractivity contribution in [3.63, 3.8) is 0 Å². The SMILES string of the molecule is Cc1cc(C(=O)[O-])ccc1-n1c(C)cc(C=Nc2ccc(C#N)cc2)c1C. The molecule has 5 nitrogen and oxygen atoms in total. The smallest absolute Gasteiger partial charge is 0.0991 e. The van der Waals surface area contributed by atoms with Gasteiger partial charge in [-0.3, -0.25) is 4.99 Å². The highest BCUT2D eigenvalue weighted by Gasteiger charge is 2.12. The molecule has 2 aromatic carbocycles. The molecule has 1 aromatic heterocycles. The van der Waals surface area contributed by atoms with Gasteiger partial charge in [0, 0.05) is 28.9 Å². The van der Waals surface area contributed by atoms with Crippen LogP contribution in [-0.4, -0.2) is 16.8 Å². The number of hydrogen-bond donors (Lipinski definition) is 0. The summed E-state index contributed by atoms with van der Waals surface area (Å²) in [5, 5.41) is 19.9. The largest absolute Gasteiger partial charge is 0.545 e. The van der Waals surface area contributed by atoms with Crippen molar-refractivity contribution in [1.82, 2.24) is 4.57 Å². The number of benzene rings is 2. The van der Waals surface area contributed by atoms with E-state index in [0.717, 1.165) is 33.9 Å². The maximum Gasteiger partial charge on any atom is 0.0991 e. The van der Waals surface area contributed by atoms with Gasteiger partial charge in [0.2, 0.25) is 0 Å². The Morgan fingerprint density at radius 3 is 2.41 bits per heavy atom. The molecule has 0 N–H and O–H groups in total. The van der Waals surface area contributed by atoms with Crippen LogP contribution >= 0.6 is 0 Å². The Hall–Kier alpha value is -3.65. The predicted octanol–water partition coefficient (Wildman–Crippen LogP) is 3.39. The highest BCUT2D eigenvalue weighted by atomic mass is 16.4. The van der Waals surface area contributed by atoms with Crippen molar-refractivity contribution < 1.29 is 9.90 Å². The number of aryl methyl sites for hydroxylation is 2. The summed E-state index contributed by atoms with van der Waals surface area (Å²) < 4.78 is 2.08. The Kier molecular flexibility index (Phi) is 4.91. The number of carbonyl (C=O) groups excluding carboxylic acids is 1. The fraction of sp³-hybridized carbons (Fsp3) is 0.136. The summed E-state index contributed by atoms with van der Waals surface area (Å²) in [5.41, 5.74) is 6.33. The van der Waals surface area contributed by atoms with E-state index in [1.54, 1.807) is 48.7 Å². The van der Waals surface area contributed by atoms with Gasteiger partial charge in [0.1, 0.15) is 0 Å². The molecule has 3 rings (SSSR count). The number of aliphatic imine (C=N–C) groups is 1. The minimum Gasteiger partial charge on any atom is -0.545 e. The molecule has 1 heterocycles. The summed E-state index contributed by atoms with van der Waals surface area (Å²) in [7, 11) is 0. The topological polar surface area (TPSA) is 81.2 Å². The van der Waals surface area contributed by atoms with Gasteiger partial charge in [-0.1, -0.05) is 6.07 Å². The van der Waals surface area contributed by atoms with Gasteiger partial charge in [-0.15, -0.1) is 0 Å². The molecule has 27 heavy (non-hydrogen) atoms. The first-order chi connectivity index (χ1) is 12.9. The van der Waals surface area contributed by atoms with Crippen LogP contribution in [0.15, 0.2) is 53.5 Å². The van der Waals surface area contributed by atoms with Crippen LogP contribution in [0.25, 0.3) is 5.69 Å². The van der Waals surface area contributed by atoms with Crippen LogP contribution in [0.3, 0.4) is 0 Å². The first-order valence-electron chi connectivity index (χ1n) is 8.46. The third-order valence-corrected chi connectivity index (χ3v) is 4.49. The molecule has 3 aromatic rings. The van der Waals surface area contributed by atoms with Gasteiger partial charge in [-0.05, 0) is 74.4 Å². The van der Waals surface area contributed by atoms with Crippen LogP contribution < -0.4 is 5.11 Å². The van der Waals surface area contributed by atoms with Crippen LogP contribution in [-0.2, 0) is 0 Å². The summed E-state index contributed by atoms with van der Waals surface area (Å²) >= 11 is 0. The number of rotatable bonds is 4. The monoisotopic (exact) mass is 356 g/mol. The first-order valence-corrected chi connectivity index (χ1v) is 8.46. The molecular weight excluding hydrogens is 338 g/mol. The van der Waals surface area contributed by atoms with Crippen molar-refractivity contribution in [3.05, 3.63) is 82.2 Å². The number of aromatic carboxylic acids is 1.